The topological polar surface area (TPSA) is 18.5 Å². The monoisotopic (exact) mass is 226 g/mol. The number of hydrogen-bond acceptors (Lipinski definition) is 3. The average Bonchev–Trinajstić information content (AvgIpc) is 2.56. The van der Waals surface area contributed by atoms with Crippen molar-refractivity contribution < 1.29 is 9.78 Å². The molecule has 0 amide bonds. The van der Waals surface area contributed by atoms with Crippen LogP contribution in [-0.2, 0) is 29.2 Å². The summed E-state index contributed by atoms with van der Waals surface area (Å²) in [5, 5.41) is 0. The maximum absolute atomic E-state index is 5.18. The molecule has 2 nitrogen and oxygen atoms in total. The Balaban J connectivity index is 2.11. The third kappa shape index (κ3) is 2.41. The van der Waals surface area contributed by atoms with Crippen molar-refractivity contribution in [1.82, 2.24) is 0 Å². The van der Waals surface area contributed by atoms with E-state index in [9.17, 15) is 0 Å². The average molecular weight is 226 g/mol. The van der Waals surface area contributed by atoms with Crippen molar-refractivity contribution in [3.8, 4) is 0 Å². The SMILES string of the molecule is CCOOCc1c(C)sc2c1CCCC2. The van der Waals surface area contributed by atoms with Gasteiger partial charge in [-0.05, 0) is 50.7 Å². The first-order valence-corrected chi connectivity index (χ1v) is 6.49. The van der Waals surface area contributed by atoms with Crippen LogP contribution < -0.4 is 0 Å². The van der Waals surface area contributed by atoms with Crippen LogP contribution in [-0.4, -0.2) is 6.61 Å². The van der Waals surface area contributed by atoms with E-state index in [0.717, 1.165) is 0 Å². The Morgan fingerprint density at radius 1 is 1.20 bits per heavy atom. The van der Waals surface area contributed by atoms with E-state index in [1.807, 2.05) is 18.3 Å². The van der Waals surface area contributed by atoms with Crippen LogP contribution in [0.3, 0.4) is 0 Å². The second-order valence-corrected chi connectivity index (χ2v) is 5.22. The molecule has 0 bridgehead atoms. The Morgan fingerprint density at radius 2 is 2.00 bits per heavy atom. The standard InChI is InChI=1S/C12H18O2S/c1-3-13-14-8-11-9(2)15-12-7-5-4-6-10(11)12/h3-8H2,1-2H3. The molecule has 1 aliphatic rings. The van der Waals surface area contributed by atoms with E-state index in [1.165, 1.54) is 36.1 Å². The van der Waals surface area contributed by atoms with Gasteiger partial charge in [0, 0.05) is 9.75 Å². The van der Waals surface area contributed by atoms with Gasteiger partial charge in [-0.15, -0.1) is 11.3 Å². The third-order valence-electron chi connectivity index (χ3n) is 2.89. The summed E-state index contributed by atoms with van der Waals surface area (Å²) < 4.78 is 0. The quantitative estimate of drug-likeness (QED) is 0.445. The lowest BCUT2D eigenvalue weighted by molar-refractivity contribution is -0.300. The minimum atomic E-state index is 0.616. The van der Waals surface area contributed by atoms with E-state index in [0.29, 0.717) is 13.2 Å². The van der Waals surface area contributed by atoms with Gasteiger partial charge in [0.15, 0.2) is 0 Å². The summed E-state index contributed by atoms with van der Waals surface area (Å²) in [5.74, 6) is 0. The molecule has 1 heterocycles. The Hall–Kier alpha value is -0.380. The van der Waals surface area contributed by atoms with Gasteiger partial charge in [-0.1, -0.05) is 0 Å². The fourth-order valence-corrected chi connectivity index (χ4v) is 3.41. The van der Waals surface area contributed by atoms with E-state index in [-0.39, 0.29) is 0 Å². The van der Waals surface area contributed by atoms with Crippen LogP contribution in [0.2, 0.25) is 0 Å². The van der Waals surface area contributed by atoms with Crippen LogP contribution in [0.25, 0.3) is 0 Å². The molecule has 0 saturated carbocycles. The number of hydrogen-bond donors (Lipinski definition) is 0. The van der Waals surface area contributed by atoms with Gasteiger partial charge in [0.1, 0.15) is 6.61 Å². The van der Waals surface area contributed by atoms with Crippen molar-refractivity contribution in [2.75, 3.05) is 6.61 Å². The van der Waals surface area contributed by atoms with Crippen molar-refractivity contribution in [2.24, 2.45) is 0 Å². The Kier molecular flexibility index (Phi) is 3.78. The third-order valence-corrected chi connectivity index (χ3v) is 4.14. The summed E-state index contributed by atoms with van der Waals surface area (Å²) in [7, 11) is 0. The van der Waals surface area contributed by atoms with E-state index in [4.69, 9.17) is 9.78 Å². The first-order chi connectivity index (χ1) is 7.33. The first-order valence-electron chi connectivity index (χ1n) is 5.67. The van der Waals surface area contributed by atoms with Crippen LogP contribution in [0.5, 0.6) is 0 Å². The Morgan fingerprint density at radius 3 is 2.80 bits per heavy atom. The molecule has 1 aromatic rings. The highest BCUT2D eigenvalue weighted by Gasteiger charge is 2.18. The van der Waals surface area contributed by atoms with Crippen molar-refractivity contribution in [2.45, 2.75) is 46.1 Å². The molecule has 0 aromatic carbocycles. The smallest absolute Gasteiger partial charge is 0.109 e. The van der Waals surface area contributed by atoms with Gasteiger partial charge in [-0.25, -0.2) is 9.78 Å². The highest BCUT2D eigenvalue weighted by Crippen LogP contribution is 2.34. The van der Waals surface area contributed by atoms with Crippen LogP contribution >= 0.6 is 11.3 Å². The highest BCUT2D eigenvalue weighted by atomic mass is 32.1. The van der Waals surface area contributed by atoms with E-state index < -0.39 is 0 Å². The number of aryl methyl sites for hydroxylation is 2. The second kappa shape index (κ2) is 5.10. The van der Waals surface area contributed by atoms with E-state index in [1.54, 1.807) is 10.4 Å². The molecule has 0 unspecified atom stereocenters. The summed E-state index contributed by atoms with van der Waals surface area (Å²) in [6.45, 7) is 5.36. The van der Waals surface area contributed by atoms with Gasteiger partial charge < -0.3 is 0 Å². The van der Waals surface area contributed by atoms with Gasteiger partial charge in [0.05, 0.1) is 6.61 Å². The highest BCUT2D eigenvalue weighted by molar-refractivity contribution is 7.12. The number of rotatable bonds is 4. The zero-order valence-corrected chi connectivity index (χ0v) is 10.3. The Labute approximate surface area is 95.1 Å². The fourth-order valence-electron chi connectivity index (χ4n) is 2.14. The van der Waals surface area contributed by atoms with Crippen molar-refractivity contribution >= 4 is 11.3 Å². The van der Waals surface area contributed by atoms with Gasteiger partial charge in [0.2, 0.25) is 0 Å². The van der Waals surface area contributed by atoms with Crippen molar-refractivity contribution in [1.29, 1.82) is 0 Å². The summed E-state index contributed by atoms with van der Waals surface area (Å²) in [4.78, 5) is 13.1. The molecule has 15 heavy (non-hydrogen) atoms. The largest absolute Gasteiger partial charge is 0.237 e. The molecule has 0 fully saturated rings. The molecule has 0 N–H and O–H groups in total. The molecule has 0 aliphatic heterocycles. The van der Waals surface area contributed by atoms with Gasteiger partial charge in [0.25, 0.3) is 0 Å². The molecule has 3 heteroatoms. The molecule has 0 radical (unpaired) electrons. The molecule has 1 aromatic heterocycles. The normalized spacial score (nSPS) is 15.3. The zero-order chi connectivity index (χ0) is 10.7. The lowest BCUT2D eigenvalue weighted by Gasteiger charge is -2.12. The van der Waals surface area contributed by atoms with Crippen molar-refractivity contribution in [3.63, 3.8) is 0 Å². The molecule has 0 atom stereocenters. The summed E-state index contributed by atoms with van der Waals surface area (Å²) in [6.07, 6.45) is 5.16. The second-order valence-electron chi connectivity index (χ2n) is 3.91. The predicted molar refractivity (Wildman–Crippen MR) is 62.1 cm³/mol. The lowest BCUT2D eigenvalue weighted by Crippen LogP contribution is -2.03. The summed E-state index contributed by atoms with van der Waals surface area (Å²) in [6, 6.07) is 0. The first kappa shape index (κ1) is 11.1. The Bertz CT molecular complexity index is 331. The van der Waals surface area contributed by atoms with Crippen LogP contribution in [0.1, 0.15) is 40.6 Å². The van der Waals surface area contributed by atoms with E-state index in [2.05, 4.69) is 6.92 Å². The van der Waals surface area contributed by atoms with Gasteiger partial charge in [-0.2, -0.15) is 0 Å². The molecule has 2 rings (SSSR count). The van der Waals surface area contributed by atoms with Crippen LogP contribution in [0, 0.1) is 6.92 Å². The molecular weight excluding hydrogens is 208 g/mol. The number of fused-ring (bicyclic) bond motifs is 1. The summed E-state index contributed by atoms with van der Waals surface area (Å²) in [5.41, 5.74) is 2.92. The van der Waals surface area contributed by atoms with Crippen LogP contribution in [0.4, 0.5) is 0 Å². The van der Waals surface area contributed by atoms with Crippen LogP contribution in [0.15, 0.2) is 0 Å². The zero-order valence-electron chi connectivity index (χ0n) is 9.47. The van der Waals surface area contributed by atoms with Gasteiger partial charge in [-0.3, -0.25) is 0 Å². The molecule has 84 valence electrons. The lowest BCUT2D eigenvalue weighted by atomic mass is 9.95. The molecule has 1 aliphatic carbocycles. The minimum Gasteiger partial charge on any atom is -0.237 e. The molecule has 0 saturated heterocycles. The number of thiophene rings is 1. The molecular formula is C12H18O2S. The molecule has 0 spiro atoms. The minimum absolute atomic E-state index is 0.616. The summed E-state index contributed by atoms with van der Waals surface area (Å²) >= 11 is 1.94. The maximum Gasteiger partial charge on any atom is 0.109 e. The predicted octanol–water partition coefficient (Wildman–Crippen LogP) is 3.40. The van der Waals surface area contributed by atoms with Crippen molar-refractivity contribution in [3.05, 3.63) is 20.9 Å². The maximum atomic E-state index is 5.18. The fraction of sp³-hybridized carbons (Fsp3) is 0.667. The van der Waals surface area contributed by atoms with Gasteiger partial charge >= 0.3 is 0 Å². The van der Waals surface area contributed by atoms with E-state index >= 15 is 0 Å².